The van der Waals surface area contributed by atoms with Crippen LogP contribution in [0.25, 0.3) is 5.70 Å². The molecule has 31 heavy (non-hydrogen) atoms. The molecule has 1 aliphatic rings. The molecule has 1 fully saturated rings. The number of aryl methyl sites for hydroxylation is 1. The first-order chi connectivity index (χ1) is 14.8. The highest BCUT2D eigenvalue weighted by molar-refractivity contribution is 6.05. The summed E-state index contributed by atoms with van der Waals surface area (Å²) in [6.45, 7) is 8.71. The molecule has 2 aromatic rings. The lowest BCUT2D eigenvalue weighted by Gasteiger charge is -2.37. The summed E-state index contributed by atoms with van der Waals surface area (Å²) in [5, 5.41) is 0. The van der Waals surface area contributed by atoms with Gasteiger partial charge in [-0.15, -0.1) is 0 Å². The van der Waals surface area contributed by atoms with Crippen LogP contribution in [0.2, 0.25) is 0 Å². The number of hydrogen-bond donors (Lipinski definition) is 1. The van der Waals surface area contributed by atoms with Gasteiger partial charge in [0.1, 0.15) is 0 Å². The van der Waals surface area contributed by atoms with Crippen molar-refractivity contribution < 1.29 is 13.2 Å². The Labute approximate surface area is 182 Å². The third-order valence-electron chi connectivity index (χ3n) is 5.92. The number of halogens is 3. The molecule has 3 nitrogen and oxygen atoms in total. The van der Waals surface area contributed by atoms with Gasteiger partial charge in [-0.05, 0) is 55.9 Å². The Morgan fingerprint density at radius 1 is 1.19 bits per heavy atom. The van der Waals surface area contributed by atoms with E-state index in [1.165, 1.54) is 6.07 Å². The summed E-state index contributed by atoms with van der Waals surface area (Å²) in [4.78, 5) is 6.41. The lowest BCUT2D eigenvalue weighted by Crippen LogP contribution is -2.38. The summed E-state index contributed by atoms with van der Waals surface area (Å²) in [5.41, 5.74) is 8.72. The molecule has 2 N–H and O–H groups in total. The van der Waals surface area contributed by atoms with Crippen LogP contribution in [0, 0.1) is 0 Å². The molecule has 2 aromatic carbocycles. The molecule has 6 heteroatoms. The fourth-order valence-electron chi connectivity index (χ4n) is 4.21. The van der Waals surface area contributed by atoms with Crippen molar-refractivity contribution in [1.82, 2.24) is 0 Å². The second kappa shape index (κ2) is 9.69. The molecule has 0 amide bonds. The number of nitrogens with two attached hydrogens (primary N) is 1. The van der Waals surface area contributed by atoms with Gasteiger partial charge in [0.15, 0.2) is 0 Å². The van der Waals surface area contributed by atoms with Crippen molar-refractivity contribution in [2.24, 2.45) is 10.7 Å². The minimum atomic E-state index is -4.46. The van der Waals surface area contributed by atoms with Gasteiger partial charge in [0.25, 0.3) is 0 Å². The number of alkyl halides is 3. The van der Waals surface area contributed by atoms with E-state index < -0.39 is 11.7 Å². The summed E-state index contributed by atoms with van der Waals surface area (Å²) in [6, 6.07) is 12.3. The van der Waals surface area contributed by atoms with Gasteiger partial charge in [-0.3, -0.25) is 4.99 Å². The Morgan fingerprint density at radius 2 is 1.94 bits per heavy atom. The van der Waals surface area contributed by atoms with Crippen molar-refractivity contribution in [2.75, 3.05) is 18.0 Å². The first kappa shape index (κ1) is 23.1. The summed E-state index contributed by atoms with van der Waals surface area (Å²) < 4.78 is 42.0. The van der Waals surface area contributed by atoms with E-state index in [4.69, 9.17) is 5.73 Å². The van der Waals surface area contributed by atoms with Gasteiger partial charge >= 0.3 is 6.18 Å². The molecule has 1 atom stereocenters. The molecule has 0 bridgehead atoms. The minimum Gasteiger partial charge on any atom is -0.368 e. The Morgan fingerprint density at radius 3 is 2.58 bits per heavy atom. The third-order valence-corrected chi connectivity index (χ3v) is 5.92. The van der Waals surface area contributed by atoms with E-state index >= 15 is 0 Å². The van der Waals surface area contributed by atoms with E-state index in [0.29, 0.717) is 23.5 Å². The Balaban J connectivity index is 2.02. The van der Waals surface area contributed by atoms with Crippen LogP contribution < -0.4 is 10.6 Å². The fraction of sp³-hybridized carbons (Fsp3) is 0.400. The van der Waals surface area contributed by atoms with Crippen LogP contribution in [0.5, 0.6) is 0 Å². The van der Waals surface area contributed by atoms with E-state index in [-0.39, 0.29) is 18.3 Å². The first-order valence-electron chi connectivity index (χ1n) is 10.8. The molecular weight excluding hydrogens is 399 g/mol. The Kier molecular flexibility index (Phi) is 7.21. The van der Waals surface area contributed by atoms with Gasteiger partial charge in [-0.25, -0.2) is 0 Å². The van der Waals surface area contributed by atoms with Crippen LogP contribution >= 0.6 is 0 Å². The number of anilines is 1. The molecule has 3 rings (SSSR count). The highest BCUT2D eigenvalue weighted by Crippen LogP contribution is 2.39. The number of hydrogen-bond acceptors (Lipinski definition) is 3. The standard InChI is InChI=1S/C25H30F3N3/c1-4-19-10-5-6-11-21(19)18(3)30-23(16-29)20-12-13-24(22(15-20)25(26,27)28)31-14-8-7-9-17(31)2/h5-6,10-13,15,17H,3-4,7-9,14,16,29H2,1-2H3. The van der Waals surface area contributed by atoms with Crippen molar-refractivity contribution in [3.8, 4) is 0 Å². The number of nitrogens with zero attached hydrogens (tertiary/aromatic N) is 2. The van der Waals surface area contributed by atoms with E-state index in [9.17, 15) is 13.2 Å². The van der Waals surface area contributed by atoms with E-state index in [1.54, 1.807) is 12.1 Å². The lowest BCUT2D eigenvalue weighted by molar-refractivity contribution is -0.137. The maximum Gasteiger partial charge on any atom is 0.418 e. The van der Waals surface area contributed by atoms with Gasteiger partial charge in [0, 0.05) is 30.4 Å². The van der Waals surface area contributed by atoms with Crippen molar-refractivity contribution in [3.05, 3.63) is 71.3 Å². The van der Waals surface area contributed by atoms with Crippen LogP contribution in [0.3, 0.4) is 0 Å². The molecule has 166 valence electrons. The zero-order valence-electron chi connectivity index (χ0n) is 18.2. The van der Waals surface area contributed by atoms with E-state index in [0.717, 1.165) is 36.8 Å². The number of benzene rings is 2. The lowest BCUT2D eigenvalue weighted by atomic mass is 9.98. The predicted molar refractivity (Wildman–Crippen MR) is 123 cm³/mol. The van der Waals surface area contributed by atoms with Crippen LogP contribution in [-0.2, 0) is 12.6 Å². The second-order valence-corrected chi connectivity index (χ2v) is 7.99. The Hall–Kier alpha value is -2.60. The van der Waals surface area contributed by atoms with Crippen LogP contribution in [0.1, 0.15) is 55.4 Å². The van der Waals surface area contributed by atoms with Crippen molar-refractivity contribution in [2.45, 2.75) is 51.7 Å². The summed E-state index contributed by atoms with van der Waals surface area (Å²) in [6.07, 6.45) is -0.819. The first-order valence-corrected chi connectivity index (χ1v) is 10.8. The molecule has 0 aliphatic carbocycles. The molecular formula is C25H30F3N3. The van der Waals surface area contributed by atoms with Gasteiger partial charge in [0.05, 0.1) is 17.0 Å². The molecule has 0 spiro atoms. The number of rotatable bonds is 6. The molecule has 1 heterocycles. The highest BCUT2D eigenvalue weighted by atomic mass is 19.4. The topological polar surface area (TPSA) is 41.6 Å². The molecule has 1 unspecified atom stereocenters. The predicted octanol–water partition coefficient (Wildman–Crippen LogP) is 6.07. The van der Waals surface area contributed by atoms with Gasteiger partial charge in [0.2, 0.25) is 0 Å². The smallest absolute Gasteiger partial charge is 0.368 e. The molecule has 0 radical (unpaired) electrons. The average Bonchev–Trinajstić information content (AvgIpc) is 2.76. The molecule has 0 saturated carbocycles. The second-order valence-electron chi connectivity index (χ2n) is 7.99. The van der Waals surface area contributed by atoms with Crippen LogP contribution in [0.4, 0.5) is 18.9 Å². The SMILES string of the molecule is C=C(N=C(CN)c1ccc(N2CCCCC2C)c(C(F)(F)F)c1)c1ccccc1CC. The largest absolute Gasteiger partial charge is 0.418 e. The summed E-state index contributed by atoms with van der Waals surface area (Å²) in [7, 11) is 0. The average molecular weight is 430 g/mol. The van der Waals surface area contributed by atoms with Crippen molar-refractivity contribution in [1.29, 1.82) is 0 Å². The Bertz CT molecular complexity index is 963. The van der Waals surface area contributed by atoms with Gasteiger partial charge < -0.3 is 10.6 Å². The normalized spacial score (nSPS) is 17.7. The summed E-state index contributed by atoms with van der Waals surface area (Å²) in [5.74, 6) is 0. The van der Waals surface area contributed by atoms with Crippen molar-refractivity contribution >= 4 is 17.1 Å². The van der Waals surface area contributed by atoms with E-state index in [2.05, 4.69) is 11.6 Å². The molecule has 1 saturated heterocycles. The monoisotopic (exact) mass is 429 g/mol. The quantitative estimate of drug-likeness (QED) is 0.567. The fourth-order valence-corrected chi connectivity index (χ4v) is 4.21. The maximum absolute atomic E-state index is 14.0. The van der Waals surface area contributed by atoms with Gasteiger partial charge in [-0.1, -0.05) is 43.8 Å². The van der Waals surface area contributed by atoms with Gasteiger partial charge in [-0.2, -0.15) is 13.2 Å². The number of piperidine rings is 1. The number of aliphatic imine (C=N–C) groups is 1. The maximum atomic E-state index is 14.0. The summed E-state index contributed by atoms with van der Waals surface area (Å²) >= 11 is 0. The zero-order chi connectivity index (χ0) is 22.6. The molecule has 0 aromatic heterocycles. The van der Waals surface area contributed by atoms with Crippen LogP contribution in [0.15, 0.2) is 54.0 Å². The molecule has 1 aliphatic heterocycles. The minimum absolute atomic E-state index is 0.0179. The third kappa shape index (κ3) is 5.18. The zero-order valence-corrected chi connectivity index (χ0v) is 18.2. The van der Waals surface area contributed by atoms with E-state index in [1.807, 2.05) is 43.0 Å². The highest BCUT2D eigenvalue weighted by Gasteiger charge is 2.36. The van der Waals surface area contributed by atoms with Crippen LogP contribution in [-0.4, -0.2) is 24.8 Å². The van der Waals surface area contributed by atoms with Crippen molar-refractivity contribution in [3.63, 3.8) is 0 Å².